The molecule has 0 radical (unpaired) electrons. The molecular formula is C16H15Cl2NO3. The molecule has 0 unspecified atom stereocenters. The fourth-order valence-electron chi connectivity index (χ4n) is 1.96. The maximum atomic E-state index is 12.1. The lowest BCUT2D eigenvalue weighted by Gasteiger charge is -2.10. The van der Waals surface area contributed by atoms with Gasteiger partial charge in [0.15, 0.2) is 11.5 Å². The fraction of sp³-hybridized carbons (Fsp3) is 0.188. The molecule has 2 rings (SSSR count). The van der Waals surface area contributed by atoms with Crippen LogP contribution in [-0.4, -0.2) is 20.1 Å². The van der Waals surface area contributed by atoms with Gasteiger partial charge < -0.3 is 14.8 Å². The SMILES string of the molecule is COc1ccc(CC(=O)Nc2ccc(Cl)cc2Cl)cc1OC. The number of halogens is 2. The van der Waals surface area contributed by atoms with Gasteiger partial charge in [-0.25, -0.2) is 0 Å². The third-order valence-corrected chi connectivity index (χ3v) is 3.57. The molecule has 2 aromatic rings. The number of hydrogen-bond acceptors (Lipinski definition) is 3. The molecule has 0 aliphatic rings. The Kier molecular flexibility index (Phi) is 5.52. The van der Waals surface area contributed by atoms with Gasteiger partial charge >= 0.3 is 0 Å². The minimum absolute atomic E-state index is 0.184. The topological polar surface area (TPSA) is 47.6 Å². The van der Waals surface area contributed by atoms with Gasteiger partial charge in [0.1, 0.15) is 0 Å². The van der Waals surface area contributed by atoms with Gasteiger partial charge in [-0.3, -0.25) is 4.79 Å². The number of carbonyl (C=O) groups is 1. The molecule has 6 heteroatoms. The first-order valence-corrected chi connectivity index (χ1v) is 7.25. The first-order chi connectivity index (χ1) is 10.5. The number of carbonyl (C=O) groups excluding carboxylic acids is 1. The fourth-order valence-corrected chi connectivity index (χ4v) is 2.42. The molecule has 0 atom stereocenters. The Morgan fingerprint density at radius 2 is 1.77 bits per heavy atom. The summed E-state index contributed by atoms with van der Waals surface area (Å²) in [6, 6.07) is 10.2. The van der Waals surface area contributed by atoms with E-state index in [1.807, 2.05) is 6.07 Å². The molecule has 0 heterocycles. The maximum Gasteiger partial charge on any atom is 0.228 e. The first kappa shape index (κ1) is 16.5. The Hall–Kier alpha value is -1.91. The largest absolute Gasteiger partial charge is 0.493 e. The monoisotopic (exact) mass is 339 g/mol. The van der Waals surface area contributed by atoms with E-state index in [0.717, 1.165) is 5.56 Å². The standard InChI is InChI=1S/C16H15Cl2NO3/c1-21-14-6-3-10(7-15(14)22-2)8-16(20)19-13-5-4-11(17)9-12(13)18/h3-7,9H,8H2,1-2H3,(H,19,20). The molecule has 0 aliphatic carbocycles. The Morgan fingerprint density at radius 3 is 2.41 bits per heavy atom. The van der Waals surface area contributed by atoms with Gasteiger partial charge in [-0.1, -0.05) is 29.3 Å². The summed E-state index contributed by atoms with van der Waals surface area (Å²) in [5.74, 6) is 1.01. The summed E-state index contributed by atoms with van der Waals surface area (Å²) < 4.78 is 10.4. The Morgan fingerprint density at radius 1 is 1.05 bits per heavy atom. The normalized spacial score (nSPS) is 10.2. The van der Waals surface area contributed by atoms with Gasteiger partial charge in [0.05, 0.1) is 31.4 Å². The van der Waals surface area contributed by atoms with Gasteiger partial charge in [-0.2, -0.15) is 0 Å². The number of anilines is 1. The zero-order valence-electron chi connectivity index (χ0n) is 12.2. The predicted octanol–water partition coefficient (Wildman–Crippen LogP) is 4.19. The van der Waals surface area contributed by atoms with Crippen LogP contribution in [0, 0.1) is 0 Å². The molecule has 0 aromatic heterocycles. The third kappa shape index (κ3) is 4.06. The van der Waals surface area contributed by atoms with Crippen molar-refractivity contribution in [2.45, 2.75) is 6.42 Å². The Bertz CT molecular complexity index is 689. The third-order valence-electron chi connectivity index (χ3n) is 3.02. The van der Waals surface area contributed by atoms with Crippen LogP contribution in [0.1, 0.15) is 5.56 Å². The number of benzene rings is 2. The van der Waals surface area contributed by atoms with Crippen molar-refractivity contribution in [2.24, 2.45) is 0 Å². The minimum Gasteiger partial charge on any atom is -0.493 e. The van der Waals surface area contributed by atoms with E-state index in [4.69, 9.17) is 32.7 Å². The van der Waals surface area contributed by atoms with Crippen molar-refractivity contribution in [3.8, 4) is 11.5 Å². The van der Waals surface area contributed by atoms with Crippen LogP contribution in [0.3, 0.4) is 0 Å². The van der Waals surface area contributed by atoms with Gasteiger partial charge in [-0.05, 0) is 35.9 Å². The number of rotatable bonds is 5. The summed E-state index contributed by atoms with van der Waals surface area (Å²) in [6.45, 7) is 0. The number of amides is 1. The number of ether oxygens (including phenoxy) is 2. The van der Waals surface area contributed by atoms with Gasteiger partial charge in [0, 0.05) is 5.02 Å². The average Bonchev–Trinajstić information content (AvgIpc) is 2.50. The van der Waals surface area contributed by atoms with Crippen LogP contribution in [0.15, 0.2) is 36.4 Å². The lowest BCUT2D eigenvalue weighted by molar-refractivity contribution is -0.115. The van der Waals surface area contributed by atoms with Crippen LogP contribution in [0.4, 0.5) is 5.69 Å². The van der Waals surface area contributed by atoms with E-state index in [1.54, 1.807) is 44.6 Å². The molecule has 4 nitrogen and oxygen atoms in total. The van der Waals surface area contributed by atoms with Crippen LogP contribution < -0.4 is 14.8 Å². The second-order valence-corrected chi connectivity index (χ2v) is 5.38. The number of hydrogen-bond donors (Lipinski definition) is 1. The summed E-state index contributed by atoms with van der Waals surface area (Å²) in [4.78, 5) is 12.1. The van der Waals surface area contributed by atoms with E-state index in [2.05, 4.69) is 5.32 Å². The highest BCUT2D eigenvalue weighted by Crippen LogP contribution is 2.28. The highest BCUT2D eigenvalue weighted by molar-refractivity contribution is 6.36. The Balaban J connectivity index is 2.08. The van der Waals surface area contributed by atoms with Crippen molar-refractivity contribution in [3.05, 3.63) is 52.0 Å². The second kappa shape index (κ2) is 7.38. The van der Waals surface area contributed by atoms with Crippen molar-refractivity contribution in [2.75, 3.05) is 19.5 Å². The second-order valence-electron chi connectivity index (χ2n) is 4.54. The smallest absolute Gasteiger partial charge is 0.228 e. The highest BCUT2D eigenvalue weighted by atomic mass is 35.5. The van der Waals surface area contributed by atoms with Crippen LogP contribution in [0.5, 0.6) is 11.5 Å². The summed E-state index contributed by atoms with van der Waals surface area (Å²) in [7, 11) is 3.11. The molecule has 1 N–H and O–H groups in total. The van der Waals surface area contributed by atoms with Crippen molar-refractivity contribution in [3.63, 3.8) is 0 Å². The highest BCUT2D eigenvalue weighted by Gasteiger charge is 2.10. The zero-order valence-corrected chi connectivity index (χ0v) is 13.7. The molecule has 1 amide bonds. The lowest BCUT2D eigenvalue weighted by Crippen LogP contribution is -2.14. The molecule has 22 heavy (non-hydrogen) atoms. The maximum absolute atomic E-state index is 12.1. The van der Waals surface area contributed by atoms with Crippen molar-refractivity contribution in [1.29, 1.82) is 0 Å². The lowest BCUT2D eigenvalue weighted by atomic mass is 10.1. The average molecular weight is 340 g/mol. The summed E-state index contributed by atoms with van der Waals surface area (Å²) in [5.41, 5.74) is 1.33. The molecule has 0 aliphatic heterocycles. The Labute approximate surface area is 138 Å². The van der Waals surface area contributed by atoms with Crippen LogP contribution in [-0.2, 0) is 11.2 Å². The van der Waals surface area contributed by atoms with Gasteiger partial charge in [-0.15, -0.1) is 0 Å². The van der Waals surface area contributed by atoms with Crippen molar-refractivity contribution in [1.82, 2.24) is 0 Å². The van der Waals surface area contributed by atoms with Crippen molar-refractivity contribution < 1.29 is 14.3 Å². The molecule has 0 spiro atoms. The molecule has 0 saturated carbocycles. The van der Waals surface area contributed by atoms with E-state index in [0.29, 0.717) is 27.2 Å². The minimum atomic E-state index is -0.184. The molecule has 0 fully saturated rings. The van der Waals surface area contributed by atoms with Crippen LogP contribution in [0.25, 0.3) is 0 Å². The van der Waals surface area contributed by atoms with E-state index in [1.165, 1.54) is 0 Å². The number of methoxy groups -OCH3 is 2. The van der Waals surface area contributed by atoms with E-state index < -0.39 is 0 Å². The van der Waals surface area contributed by atoms with E-state index >= 15 is 0 Å². The molecular weight excluding hydrogens is 325 g/mol. The predicted molar refractivity (Wildman–Crippen MR) is 88.3 cm³/mol. The molecule has 0 saturated heterocycles. The van der Waals surface area contributed by atoms with Crippen LogP contribution >= 0.6 is 23.2 Å². The first-order valence-electron chi connectivity index (χ1n) is 6.49. The van der Waals surface area contributed by atoms with E-state index in [9.17, 15) is 4.79 Å². The van der Waals surface area contributed by atoms with Crippen molar-refractivity contribution >= 4 is 34.8 Å². The quantitative estimate of drug-likeness (QED) is 0.888. The summed E-state index contributed by atoms with van der Waals surface area (Å²) in [6.07, 6.45) is 0.194. The zero-order chi connectivity index (χ0) is 16.1. The van der Waals surface area contributed by atoms with Gasteiger partial charge in [0.25, 0.3) is 0 Å². The molecule has 0 bridgehead atoms. The van der Waals surface area contributed by atoms with E-state index in [-0.39, 0.29) is 12.3 Å². The molecule has 116 valence electrons. The van der Waals surface area contributed by atoms with Gasteiger partial charge in [0.2, 0.25) is 5.91 Å². The molecule has 2 aromatic carbocycles. The number of nitrogens with one attached hydrogen (secondary N) is 1. The van der Waals surface area contributed by atoms with Crippen LogP contribution in [0.2, 0.25) is 10.0 Å². The summed E-state index contributed by atoms with van der Waals surface area (Å²) >= 11 is 11.9. The summed E-state index contributed by atoms with van der Waals surface area (Å²) in [5, 5.41) is 3.66.